The molecule has 0 saturated carbocycles. The number of benzene rings is 4. The fourth-order valence-electron chi connectivity index (χ4n) is 7.71. The lowest BCUT2D eigenvalue weighted by molar-refractivity contribution is 0.322. The van der Waals surface area contributed by atoms with E-state index >= 15 is 0 Å². The van der Waals surface area contributed by atoms with Crippen LogP contribution in [-0.4, -0.2) is 24.5 Å². The lowest BCUT2D eigenvalue weighted by atomic mass is 9.74. The maximum absolute atomic E-state index is 9.81. The van der Waals surface area contributed by atoms with E-state index in [-0.39, 0.29) is 17.4 Å². The van der Waals surface area contributed by atoms with Crippen LogP contribution >= 0.6 is 11.8 Å². The smallest absolute Gasteiger partial charge is 0.0525 e. The third kappa shape index (κ3) is 5.69. The molecule has 1 aliphatic carbocycles. The van der Waals surface area contributed by atoms with E-state index < -0.39 is 0 Å². The van der Waals surface area contributed by atoms with Gasteiger partial charge in [0.25, 0.3) is 0 Å². The summed E-state index contributed by atoms with van der Waals surface area (Å²) in [6.45, 7) is 16.3. The van der Waals surface area contributed by atoms with Crippen molar-refractivity contribution in [1.82, 2.24) is 0 Å². The van der Waals surface area contributed by atoms with Crippen LogP contribution in [0.4, 0.5) is 5.69 Å². The summed E-state index contributed by atoms with van der Waals surface area (Å²) in [5.41, 5.74) is 10.1. The monoisotopic (exact) mass is 625 g/mol. The van der Waals surface area contributed by atoms with Crippen LogP contribution in [-0.2, 0) is 10.8 Å². The zero-order chi connectivity index (χ0) is 32.6. The van der Waals surface area contributed by atoms with Crippen molar-refractivity contribution in [2.45, 2.75) is 64.7 Å². The Kier molecular flexibility index (Phi) is 8.93. The highest BCUT2D eigenvalue weighted by Crippen LogP contribution is 2.50. The van der Waals surface area contributed by atoms with E-state index in [0.29, 0.717) is 5.75 Å². The van der Waals surface area contributed by atoms with Crippen molar-refractivity contribution in [2.75, 3.05) is 24.3 Å². The van der Waals surface area contributed by atoms with Gasteiger partial charge in [0.2, 0.25) is 0 Å². The first kappa shape index (κ1) is 32.2. The van der Waals surface area contributed by atoms with Gasteiger partial charge in [-0.3, -0.25) is 0 Å². The third-order valence-corrected chi connectivity index (χ3v) is 11.4. The molecule has 0 unspecified atom stereocenters. The molecular weight excluding hydrogens is 579 g/mol. The predicted octanol–water partition coefficient (Wildman–Crippen LogP) is 11.1. The molecule has 2 nitrogen and oxygen atoms in total. The molecule has 0 amide bonds. The molecule has 0 bridgehead atoms. The van der Waals surface area contributed by atoms with E-state index in [2.05, 4.69) is 150 Å². The van der Waals surface area contributed by atoms with Crippen LogP contribution in [0.25, 0.3) is 21.5 Å². The molecule has 236 valence electrons. The molecule has 2 aliphatic rings. The zero-order valence-electron chi connectivity index (χ0n) is 28.3. The highest BCUT2D eigenvalue weighted by Gasteiger charge is 2.39. The molecule has 0 saturated heterocycles. The van der Waals surface area contributed by atoms with Crippen molar-refractivity contribution in [3.05, 3.63) is 148 Å². The Balaban J connectivity index is 1.35. The number of fused-ring (bicyclic) bond motifs is 4. The summed E-state index contributed by atoms with van der Waals surface area (Å²) in [7, 11) is 2.20. The first-order valence-corrected chi connectivity index (χ1v) is 17.5. The Hall–Kier alpha value is -3.79. The molecular formula is C43H47NOS. The van der Waals surface area contributed by atoms with Gasteiger partial charge in [-0.2, -0.15) is 0 Å². The summed E-state index contributed by atoms with van der Waals surface area (Å²) in [6.07, 6.45) is 12.4. The van der Waals surface area contributed by atoms with Gasteiger partial charge in [-0.25, -0.2) is 0 Å². The zero-order valence-corrected chi connectivity index (χ0v) is 29.1. The average Bonchev–Trinajstić information content (AvgIpc) is 3.25. The summed E-state index contributed by atoms with van der Waals surface area (Å²) in [6, 6.07) is 26.4. The maximum Gasteiger partial charge on any atom is 0.0525 e. The van der Waals surface area contributed by atoms with Crippen molar-refractivity contribution in [3.63, 3.8) is 0 Å². The minimum atomic E-state index is -0.226. The van der Waals surface area contributed by atoms with Gasteiger partial charge in [0.1, 0.15) is 0 Å². The van der Waals surface area contributed by atoms with Crippen molar-refractivity contribution < 1.29 is 5.11 Å². The van der Waals surface area contributed by atoms with E-state index in [1.807, 2.05) is 0 Å². The number of nitrogens with zero attached hydrogens (tertiary/aromatic N) is 1. The molecule has 0 radical (unpaired) electrons. The number of aryl methyl sites for hydroxylation is 1. The Labute approximate surface area is 279 Å². The summed E-state index contributed by atoms with van der Waals surface area (Å²) >= 11 is 1.78. The van der Waals surface area contributed by atoms with E-state index in [9.17, 15) is 5.11 Å². The molecule has 0 atom stereocenters. The number of hydrogen-bond acceptors (Lipinski definition) is 3. The minimum Gasteiger partial charge on any atom is -0.396 e. The fraction of sp³-hybridized carbons (Fsp3) is 0.302. The molecule has 6 rings (SSSR count). The molecule has 0 aromatic heterocycles. The van der Waals surface area contributed by atoms with E-state index in [1.165, 1.54) is 65.7 Å². The van der Waals surface area contributed by atoms with Crippen LogP contribution in [0.1, 0.15) is 63.6 Å². The number of aliphatic hydroxyl groups excluding tert-OH is 1. The SMILES string of the molecule is C=C(/C=C/C1=C(SCCO)C(=C/C=C2/N(C)c3ccc4ccccc4c3C2(C)C)/CCC1)C(C)(C)c1c(C)ccc2ccccc12. The number of anilines is 1. The summed E-state index contributed by atoms with van der Waals surface area (Å²) in [4.78, 5) is 3.68. The van der Waals surface area contributed by atoms with Gasteiger partial charge >= 0.3 is 0 Å². The van der Waals surface area contributed by atoms with E-state index in [0.717, 1.165) is 24.8 Å². The van der Waals surface area contributed by atoms with Crippen LogP contribution in [0.5, 0.6) is 0 Å². The Morgan fingerprint density at radius 3 is 2.35 bits per heavy atom. The quantitative estimate of drug-likeness (QED) is 0.197. The molecule has 4 aromatic rings. The van der Waals surface area contributed by atoms with Gasteiger partial charge < -0.3 is 10.0 Å². The number of aliphatic hydroxyl groups is 1. The van der Waals surface area contributed by atoms with Crippen molar-refractivity contribution >= 4 is 39.0 Å². The molecule has 0 fully saturated rings. The lowest BCUT2D eigenvalue weighted by Gasteiger charge is -2.30. The van der Waals surface area contributed by atoms with Crippen LogP contribution in [0, 0.1) is 6.92 Å². The minimum absolute atomic E-state index is 0.120. The van der Waals surface area contributed by atoms with Crippen LogP contribution in [0.2, 0.25) is 0 Å². The Bertz CT molecular complexity index is 1950. The molecule has 0 spiro atoms. The molecule has 1 heterocycles. The maximum atomic E-state index is 9.81. The summed E-state index contributed by atoms with van der Waals surface area (Å²) in [5, 5.41) is 15.0. The third-order valence-electron chi connectivity index (χ3n) is 10.2. The number of rotatable bonds is 8. The van der Waals surface area contributed by atoms with Crippen molar-refractivity contribution in [2.24, 2.45) is 0 Å². The second-order valence-electron chi connectivity index (χ2n) is 13.9. The summed E-state index contributed by atoms with van der Waals surface area (Å²) < 4.78 is 0. The van der Waals surface area contributed by atoms with Crippen LogP contribution < -0.4 is 4.90 Å². The topological polar surface area (TPSA) is 23.5 Å². The van der Waals surface area contributed by atoms with Gasteiger partial charge in [-0.1, -0.05) is 119 Å². The van der Waals surface area contributed by atoms with Gasteiger partial charge in [-0.15, -0.1) is 11.8 Å². The molecule has 1 N–H and O–H groups in total. The highest BCUT2D eigenvalue weighted by atomic mass is 32.2. The highest BCUT2D eigenvalue weighted by molar-refractivity contribution is 8.03. The van der Waals surface area contributed by atoms with Gasteiger partial charge in [0.15, 0.2) is 0 Å². The van der Waals surface area contributed by atoms with Gasteiger partial charge in [-0.05, 0) is 93.3 Å². The summed E-state index contributed by atoms with van der Waals surface area (Å²) in [5.74, 6) is 0.686. The lowest BCUT2D eigenvalue weighted by Crippen LogP contribution is -2.22. The van der Waals surface area contributed by atoms with Crippen molar-refractivity contribution in [3.8, 4) is 0 Å². The number of hydrogen-bond donors (Lipinski definition) is 1. The first-order valence-electron chi connectivity index (χ1n) is 16.6. The van der Waals surface area contributed by atoms with Gasteiger partial charge in [0, 0.05) is 39.9 Å². The molecule has 1 aliphatic heterocycles. The van der Waals surface area contributed by atoms with Crippen molar-refractivity contribution in [1.29, 1.82) is 0 Å². The number of thioether (sulfide) groups is 1. The molecule has 4 aromatic carbocycles. The largest absolute Gasteiger partial charge is 0.396 e. The number of likely N-dealkylation sites (N-methyl/N-ethyl adjacent to an activating group) is 1. The van der Waals surface area contributed by atoms with E-state index in [4.69, 9.17) is 0 Å². The second kappa shape index (κ2) is 12.8. The average molecular weight is 626 g/mol. The predicted molar refractivity (Wildman–Crippen MR) is 202 cm³/mol. The second-order valence-corrected chi connectivity index (χ2v) is 15.0. The fourth-order valence-corrected chi connectivity index (χ4v) is 8.71. The Morgan fingerprint density at radius 2 is 1.61 bits per heavy atom. The molecule has 46 heavy (non-hydrogen) atoms. The molecule has 3 heteroatoms. The van der Waals surface area contributed by atoms with Gasteiger partial charge in [0.05, 0.1) is 6.61 Å². The van der Waals surface area contributed by atoms with Crippen LogP contribution in [0.3, 0.4) is 0 Å². The normalized spacial score (nSPS) is 18.5. The first-order chi connectivity index (χ1) is 22.1. The standard InChI is InChI=1S/C43H47NOS/c1-29-19-21-31-13-8-10-17-35(31)39(29)42(3,4)30(2)20-22-33-15-12-16-34(41(33)46-28-27-45)24-26-38-43(5,6)40-36-18-11-9-14-32(36)23-25-37(40)44(38)7/h8-11,13-14,17-26,45H,2,12,15-16,27-28H2,1,3-7H3/b22-20+,34-24+,38-26+. The number of allylic oxidation sites excluding steroid dienone is 8. The van der Waals surface area contributed by atoms with E-state index in [1.54, 1.807) is 11.8 Å². The van der Waals surface area contributed by atoms with Crippen LogP contribution in [0.15, 0.2) is 131 Å². The Morgan fingerprint density at radius 1 is 0.935 bits per heavy atom.